The van der Waals surface area contributed by atoms with Gasteiger partial charge in [-0.1, -0.05) is 6.07 Å². The van der Waals surface area contributed by atoms with Gasteiger partial charge >= 0.3 is 0 Å². The van der Waals surface area contributed by atoms with Crippen molar-refractivity contribution in [2.24, 2.45) is 5.73 Å². The van der Waals surface area contributed by atoms with E-state index in [0.717, 1.165) is 32.6 Å². The molecule has 1 saturated heterocycles. The minimum atomic E-state index is 0.811. The molecule has 0 atom stereocenters. The summed E-state index contributed by atoms with van der Waals surface area (Å²) in [7, 11) is 0. The predicted octanol–water partition coefficient (Wildman–Crippen LogP) is 2.04. The number of fused-ring (bicyclic) bond motifs is 1. The highest BCUT2D eigenvalue weighted by Gasteiger charge is 2.18. The van der Waals surface area contributed by atoms with E-state index >= 15 is 0 Å². The lowest BCUT2D eigenvalue weighted by Crippen LogP contribution is -2.46. The summed E-state index contributed by atoms with van der Waals surface area (Å²) in [4.78, 5) is 5.09. The lowest BCUT2D eigenvalue weighted by atomic mass is 9.91. The van der Waals surface area contributed by atoms with Gasteiger partial charge in [0.25, 0.3) is 0 Å². The molecule has 1 heterocycles. The number of nitrogens with zero attached hydrogens (tertiary/aromatic N) is 2. The molecule has 0 bridgehead atoms. The van der Waals surface area contributed by atoms with Gasteiger partial charge in [0.05, 0.1) is 0 Å². The van der Waals surface area contributed by atoms with E-state index in [9.17, 15) is 0 Å². The van der Waals surface area contributed by atoms with Crippen molar-refractivity contribution in [1.29, 1.82) is 0 Å². The number of benzene rings is 1. The van der Waals surface area contributed by atoms with Crippen molar-refractivity contribution < 1.29 is 0 Å². The van der Waals surface area contributed by atoms with Crippen LogP contribution in [-0.2, 0) is 12.8 Å². The summed E-state index contributed by atoms with van der Waals surface area (Å²) in [6, 6.07) is 7.15. The van der Waals surface area contributed by atoms with Crippen LogP contribution >= 0.6 is 0 Å². The van der Waals surface area contributed by atoms with Crippen molar-refractivity contribution >= 4 is 5.69 Å². The van der Waals surface area contributed by atoms with Crippen LogP contribution in [0.15, 0.2) is 18.2 Å². The molecule has 0 amide bonds. The molecule has 20 heavy (non-hydrogen) atoms. The van der Waals surface area contributed by atoms with Crippen molar-refractivity contribution in [3.8, 4) is 0 Å². The first kappa shape index (κ1) is 13.9. The molecule has 0 aromatic heterocycles. The maximum atomic E-state index is 5.59. The Morgan fingerprint density at radius 2 is 1.70 bits per heavy atom. The molecule has 1 aromatic carbocycles. The molecule has 1 aliphatic heterocycles. The molecule has 2 N–H and O–H groups in total. The highest BCUT2D eigenvalue weighted by atomic mass is 15.3. The van der Waals surface area contributed by atoms with E-state index in [4.69, 9.17) is 5.73 Å². The Bertz CT molecular complexity index is 436. The summed E-state index contributed by atoms with van der Waals surface area (Å²) in [5.74, 6) is 0. The Kier molecular flexibility index (Phi) is 4.58. The average molecular weight is 273 g/mol. The Labute approximate surface area is 122 Å². The molecule has 0 unspecified atom stereocenters. The second kappa shape index (κ2) is 6.59. The summed E-state index contributed by atoms with van der Waals surface area (Å²) < 4.78 is 0. The molecule has 3 rings (SSSR count). The third-order valence-corrected chi connectivity index (χ3v) is 4.75. The maximum absolute atomic E-state index is 5.59. The highest BCUT2D eigenvalue weighted by Crippen LogP contribution is 2.26. The van der Waals surface area contributed by atoms with Gasteiger partial charge in [0, 0.05) is 31.9 Å². The smallest absolute Gasteiger partial charge is 0.0370 e. The number of hydrogen-bond acceptors (Lipinski definition) is 3. The zero-order chi connectivity index (χ0) is 13.8. The zero-order valence-electron chi connectivity index (χ0n) is 12.5. The molecule has 110 valence electrons. The van der Waals surface area contributed by atoms with Crippen LogP contribution in [0.4, 0.5) is 5.69 Å². The third-order valence-electron chi connectivity index (χ3n) is 4.75. The van der Waals surface area contributed by atoms with Crippen LogP contribution in [0, 0.1) is 0 Å². The quantitative estimate of drug-likeness (QED) is 0.911. The first-order valence-electron chi connectivity index (χ1n) is 8.16. The largest absolute Gasteiger partial charge is 0.369 e. The Morgan fingerprint density at radius 1 is 0.950 bits per heavy atom. The molecular weight excluding hydrogens is 246 g/mol. The summed E-state index contributed by atoms with van der Waals surface area (Å²) in [6.07, 6.45) is 6.41. The first-order chi connectivity index (χ1) is 9.86. The molecule has 1 aliphatic carbocycles. The second-order valence-corrected chi connectivity index (χ2v) is 6.13. The molecule has 1 fully saturated rings. The molecule has 2 aliphatic rings. The third kappa shape index (κ3) is 3.15. The fourth-order valence-electron chi connectivity index (χ4n) is 3.46. The van der Waals surface area contributed by atoms with Crippen LogP contribution in [-0.4, -0.2) is 44.2 Å². The average Bonchev–Trinajstić information content (AvgIpc) is 2.53. The minimum Gasteiger partial charge on any atom is -0.369 e. The first-order valence-corrected chi connectivity index (χ1v) is 8.16. The Hall–Kier alpha value is -1.06. The number of piperazine rings is 1. The minimum absolute atomic E-state index is 0.811. The van der Waals surface area contributed by atoms with Crippen molar-refractivity contribution in [2.75, 3.05) is 44.2 Å². The second-order valence-electron chi connectivity index (χ2n) is 6.13. The van der Waals surface area contributed by atoms with Crippen molar-refractivity contribution in [2.45, 2.75) is 32.1 Å². The Balaban J connectivity index is 1.60. The van der Waals surface area contributed by atoms with E-state index in [-0.39, 0.29) is 0 Å². The van der Waals surface area contributed by atoms with Crippen LogP contribution in [0.5, 0.6) is 0 Å². The van der Waals surface area contributed by atoms with Gasteiger partial charge in [-0.05, 0) is 68.5 Å². The van der Waals surface area contributed by atoms with Crippen LogP contribution in [0.1, 0.15) is 30.4 Å². The van der Waals surface area contributed by atoms with Crippen molar-refractivity contribution in [1.82, 2.24) is 4.90 Å². The number of anilines is 1. The molecular formula is C17H27N3. The van der Waals surface area contributed by atoms with Gasteiger partial charge in [0.2, 0.25) is 0 Å². The molecule has 3 heteroatoms. The van der Waals surface area contributed by atoms with Crippen LogP contribution in [0.3, 0.4) is 0 Å². The van der Waals surface area contributed by atoms with Gasteiger partial charge in [0.15, 0.2) is 0 Å². The summed E-state index contributed by atoms with van der Waals surface area (Å²) >= 11 is 0. The fraction of sp³-hybridized carbons (Fsp3) is 0.647. The molecule has 3 nitrogen and oxygen atoms in total. The number of aryl methyl sites for hydroxylation is 2. The van der Waals surface area contributed by atoms with E-state index in [1.807, 2.05) is 0 Å². The Morgan fingerprint density at radius 3 is 2.45 bits per heavy atom. The molecule has 0 saturated carbocycles. The summed E-state index contributed by atoms with van der Waals surface area (Å²) in [5.41, 5.74) is 10.2. The van der Waals surface area contributed by atoms with Gasteiger partial charge < -0.3 is 10.6 Å². The maximum Gasteiger partial charge on any atom is 0.0370 e. The van der Waals surface area contributed by atoms with Crippen molar-refractivity contribution in [3.63, 3.8) is 0 Å². The van der Waals surface area contributed by atoms with Gasteiger partial charge in [-0.3, -0.25) is 4.90 Å². The number of nitrogens with two attached hydrogens (primary N) is 1. The van der Waals surface area contributed by atoms with Gasteiger partial charge in [-0.15, -0.1) is 0 Å². The lowest BCUT2D eigenvalue weighted by Gasteiger charge is -2.36. The SMILES string of the molecule is NCCCN1CCN(c2ccc3c(c2)CCCC3)CC1. The summed E-state index contributed by atoms with van der Waals surface area (Å²) in [5, 5.41) is 0. The monoisotopic (exact) mass is 273 g/mol. The van der Waals surface area contributed by atoms with E-state index in [0.29, 0.717) is 0 Å². The lowest BCUT2D eigenvalue weighted by molar-refractivity contribution is 0.256. The van der Waals surface area contributed by atoms with Gasteiger partial charge in [-0.25, -0.2) is 0 Å². The number of hydrogen-bond donors (Lipinski definition) is 1. The van der Waals surface area contributed by atoms with Gasteiger partial charge in [0.1, 0.15) is 0 Å². The zero-order valence-corrected chi connectivity index (χ0v) is 12.5. The van der Waals surface area contributed by atoms with E-state index < -0.39 is 0 Å². The van der Waals surface area contributed by atoms with E-state index in [1.165, 1.54) is 44.5 Å². The van der Waals surface area contributed by atoms with Crippen LogP contribution in [0.25, 0.3) is 0 Å². The number of rotatable bonds is 4. The molecule has 0 spiro atoms. The topological polar surface area (TPSA) is 32.5 Å². The van der Waals surface area contributed by atoms with E-state index in [2.05, 4.69) is 28.0 Å². The van der Waals surface area contributed by atoms with Crippen molar-refractivity contribution in [3.05, 3.63) is 29.3 Å². The van der Waals surface area contributed by atoms with Gasteiger partial charge in [-0.2, -0.15) is 0 Å². The molecule has 0 radical (unpaired) electrons. The predicted molar refractivity (Wildman–Crippen MR) is 85.4 cm³/mol. The normalized spacial score (nSPS) is 19.9. The van der Waals surface area contributed by atoms with Crippen LogP contribution in [0.2, 0.25) is 0 Å². The van der Waals surface area contributed by atoms with Crippen LogP contribution < -0.4 is 10.6 Å². The van der Waals surface area contributed by atoms with E-state index in [1.54, 1.807) is 11.1 Å². The fourth-order valence-corrected chi connectivity index (χ4v) is 3.46. The highest BCUT2D eigenvalue weighted by molar-refractivity contribution is 5.52. The summed E-state index contributed by atoms with van der Waals surface area (Å²) in [6.45, 7) is 6.64. The standard InChI is InChI=1S/C17H27N3/c18-8-3-9-19-10-12-20(13-11-19)17-7-6-15-4-1-2-5-16(15)14-17/h6-7,14H,1-5,8-13,18H2. The molecule has 1 aromatic rings.